The number of carbonyl (C=O) groups excluding carboxylic acids is 1. The molecule has 20 heavy (non-hydrogen) atoms. The maximum atomic E-state index is 11.9. The van der Waals surface area contributed by atoms with E-state index in [1.54, 1.807) is 6.20 Å². The average molecular weight is 297 g/mol. The van der Waals surface area contributed by atoms with Crippen LogP contribution in [0.1, 0.15) is 19.3 Å². The first-order chi connectivity index (χ1) is 9.65. The van der Waals surface area contributed by atoms with Gasteiger partial charge in [0, 0.05) is 24.8 Å². The zero-order valence-corrected chi connectivity index (χ0v) is 12.1. The van der Waals surface area contributed by atoms with Crippen molar-refractivity contribution >= 4 is 23.4 Å². The number of hydrogen-bond acceptors (Lipinski definition) is 6. The van der Waals surface area contributed by atoms with Crippen LogP contribution < -0.4 is 5.73 Å². The van der Waals surface area contributed by atoms with Crippen molar-refractivity contribution in [3.8, 4) is 0 Å². The number of carbonyl (C=O) groups is 1. The minimum atomic E-state index is -0.263. The normalized spacial score (nSPS) is 29.7. The fraction of sp³-hybridized carbons (Fsp3) is 0.692. The Kier molecular flexibility index (Phi) is 3.89. The molecule has 1 aromatic heterocycles. The van der Waals surface area contributed by atoms with Gasteiger partial charge in [-0.25, -0.2) is 0 Å². The van der Waals surface area contributed by atoms with E-state index in [0.29, 0.717) is 12.3 Å². The number of hydrogen-bond donors (Lipinski definition) is 1. The van der Waals surface area contributed by atoms with Crippen molar-refractivity contribution in [3.05, 3.63) is 12.4 Å². The van der Waals surface area contributed by atoms with Gasteiger partial charge in [0.15, 0.2) is 0 Å². The molecule has 0 aromatic carbocycles. The number of ether oxygens (including phenoxy) is 2. The number of rotatable bonds is 3. The minimum absolute atomic E-state index is 0.0390. The first-order valence-electron chi connectivity index (χ1n) is 6.84. The molecule has 2 aliphatic rings. The predicted octanol–water partition coefficient (Wildman–Crippen LogP) is 1.06. The van der Waals surface area contributed by atoms with Crippen LogP contribution in [0, 0.1) is 0 Å². The van der Waals surface area contributed by atoms with Gasteiger partial charge >= 0.3 is 5.97 Å². The first-order valence-corrected chi connectivity index (χ1v) is 8.00. The van der Waals surface area contributed by atoms with Gasteiger partial charge in [-0.05, 0) is 12.2 Å². The molecule has 1 aromatic rings. The molecular weight excluding hydrogens is 278 g/mol. The number of nitrogen functional groups attached to an aromatic ring is 1. The van der Waals surface area contributed by atoms with Crippen LogP contribution in [0.4, 0.5) is 5.69 Å². The van der Waals surface area contributed by atoms with Crippen LogP contribution >= 0.6 is 11.8 Å². The average Bonchev–Trinajstić information content (AvgIpc) is 2.99. The van der Waals surface area contributed by atoms with Gasteiger partial charge in [-0.2, -0.15) is 16.9 Å². The Morgan fingerprint density at radius 1 is 1.70 bits per heavy atom. The highest BCUT2D eigenvalue weighted by Gasteiger charge is 2.41. The van der Waals surface area contributed by atoms with Crippen LogP contribution in [-0.2, 0) is 20.8 Å². The van der Waals surface area contributed by atoms with Crippen molar-refractivity contribution in [3.63, 3.8) is 0 Å². The Bertz CT molecular complexity index is 485. The van der Waals surface area contributed by atoms with Crippen molar-refractivity contribution < 1.29 is 14.3 Å². The highest BCUT2D eigenvalue weighted by atomic mass is 32.2. The number of aromatic nitrogens is 2. The van der Waals surface area contributed by atoms with E-state index in [0.717, 1.165) is 30.8 Å². The molecule has 2 saturated heterocycles. The highest BCUT2D eigenvalue weighted by molar-refractivity contribution is 7.99. The smallest absolute Gasteiger partial charge is 0.328 e. The maximum absolute atomic E-state index is 11.9. The van der Waals surface area contributed by atoms with Crippen molar-refractivity contribution in [1.29, 1.82) is 0 Å². The molecule has 2 fully saturated rings. The molecule has 2 unspecified atom stereocenters. The third kappa shape index (κ3) is 3.09. The summed E-state index contributed by atoms with van der Waals surface area (Å²) >= 11 is 1.91. The first kappa shape index (κ1) is 13.8. The second-order valence-corrected chi connectivity index (χ2v) is 6.52. The van der Waals surface area contributed by atoms with Crippen LogP contribution in [0.25, 0.3) is 0 Å². The summed E-state index contributed by atoms with van der Waals surface area (Å²) in [4.78, 5) is 11.9. The summed E-state index contributed by atoms with van der Waals surface area (Å²) < 4.78 is 13.0. The summed E-state index contributed by atoms with van der Waals surface area (Å²) in [6.07, 6.45) is 5.75. The van der Waals surface area contributed by atoms with Gasteiger partial charge < -0.3 is 15.2 Å². The Hall–Kier alpha value is -1.21. The van der Waals surface area contributed by atoms with Crippen LogP contribution in [0.3, 0.4) is 0 Å². The van der Waals surface area contributed by atoms with E-state index in [-0.39, 0.29) is 24.2 Å². The van der Waals surface area contributed by atoms with Gasteiger partial charge in [0.2, 0.25) is 0 Å². The lowest BCUT2D eigenvalue weighted by Crippen LogP contribution is -2.43. The van der Waals surface area contributed by atoms with Crippen LogP contribution in [-0.4, -0.2) is 45.6 Å². The van der Waals surface area contributed by atoms with Gasteiger partial charge in [-0.1, -0.05) is 0 Å². The van der Waals surface area contributed by atoms with Crippen LogP contribution in [0.15, 0.2) is 12.4 Å². The van der Waals surface area contributed by atoms with Crippen molar-refractivity contribution in [2.75, 3.05) is 23.8 Å². The highest BCUT2D eigenvalue weighted by Crippen LogP contribution is 2.39. The second-order valence-electron chi connectivity index (χ2n) is 5.41. The minimum Gasteiger partial charge on any atom is -0.461 e. The number of thioether (sulfide) groups is 1. The van der Waals surface area contributed by atoms with Gasteiger partial charge in [-0.15, -0.1) is 0 Å². The Morgan fingerprint density at radius 2 is 2.60 bits per heavy atom. The summed E-state index contributed by atoms with van der Waals surface area (Å²) in [6, 6.07) is 0. The second kappa shape index (κ2) is 5.65. The quantitative estimate of drug-likeness (QED) is 0.841. The zero-order valence-electron chi connectivity index (χ0n) is 11.3. The van der Waals surface area contributed by atoms with Crippen molar-refractivity contribution in [2.24, 2.45) is 0 Å². The van der Waals surface area contributed by atoms with E-state index in [4.69, 9.17) is 15.2 Å². The SMILES string of the molecule is Nc1cnn(CC(=O)OC2CCOC3(CCSC3)C2)c1. The van der Waals surface area contributed by atoms with E-state index in [2.05, 4.69) is 5.10 Å². The molecular formula is C13H19N3O3S. The summed E-state index contributed by atoms with van der Waals surface area (Å²) in [5, 5.41) is 3.98. The molecule has 2 aliphatic heterocycles. The number of nitrogens with zero attached hydrogens (tertiary/aromatic N) is 2. The van der Waals surface area contributed by atoms with E-state index in [9.17, 15) is 4.79 Å². The monoisotopic (exact) mass is 297 g/mol. The molecule has 2 N–H and O–H groups in total. The topological polar surface area (TPSA) is 79.4 Å². The third-order valence-electron chi connectivity index (χ3n) is 3.76. The molecule has 110 valence electrons. The lowest BCUT2D eigenvalue weighted by Gasteiger charge is -2.37. The molecule has 3 rings (SSSR count). The molecule has 0 radical (unpaired) electrons. The number of anilines is 1. The largest absolute Gasteiger partial charge is 0.461 e. The van der Waals surface area contributed by atoms with Crippen LogP contribution in [0.2, 0.25) is 0 Å². The van der Waals surface area contributed by atoms with Crippen molar-refractivity contribution in [1.82, 2.24) is 9.78 Å². The van der Waals surface area contributed by atoms with E-state index in [1.165, 1.54) is 10.9 Å². The van der Waals surface area contributed by atoms with Crippen molar-refractivity contribution in [2.45, 2.75) is 37.5 Å². The predicted molar refractivity (Wildman–Crippen MR) is 76.4 cm³/mol. The molecule has 1 spiro atoms. The summed E-state index contributed by atoms with van der Waals surface area (Å²) in [5.41, 5.74) is 6.04. The molecule has 0 aliphatic carbocycles. The molecule has 7 heteroatoms. The number of nitrogens with two attached hydrogens (primary N) is 1. The fourth-order valence-corrected chi connectivity index (χ4v) is 4.15. The van der Waals surface area contributed by atoms with E-state index in [1.807, 2.05) is 11.8 Å². The molecule has 3 heterocycles. The van der Waals surface area contributed by atoms with Gasteiger partial charge in [0.25, 0.3) is 0 Å². The molecule has 0 saturated carbocycles. The zero-order chi connectivity index (χ0) is 14.0. The molecule has 0 bridgehead atoms. The Morgan fingerprint density at radius 3 is 3.30 bits per heavy atom. The maximum Gasteiger partial charge on any atom is 0.328 e. The lowest BCUT2D eigenvalue weighted by molar-refractivity contribution is -0.163. The van der Waals surface area contributed by atoms with Gasteiger partial charge in [0.05, 0.1) is 24.1 Å². The Balaban J connectivity index is 1.53. The summed E-state index contributed by atoms with van der Waals surface area (Å²) in [5.74, 6) is 1.88. The molecule has 0 amide bonds. The Labute approximate surface area is 122 Å². The third-order valence-corrected chi connectivity index (χ3v) is 4.98. The van der Waals surface area contributed by atoms with Gasteiger partial charge in [-0.3, -0.25) is 9.48 Å². The van der Waals surface area contributed by atoms with E-state index < -0.39 is 0 Å². The fourth-order valence-electron chi connectivity index (χ4n) is 2.77. The van der Waals surface area contributed by atoms with Gasteiger partial charge in [0.1, 0.15) is 12.6 Å². The summed E-state index contributed by atoms with van der Waals surface area (Å²) in [6.45, 7) is 0.781. The molecule has 2 atom stereocenters. The number of esters is 1. The van der Waals surface area contributed by atoms with Crippen LogP contribution in [0.5, 0.6) is 0 Å². The van der Waals surface area contributed by atoms with E-state index >= 15 is 0 Å². The standard InChI is InChI=1S/C13H19N3O3S/c14-10-6-15-16(7-10)8-12(17)19-11-1-3-18-13(5-11)2-4-20-9-13/h6-7,11H,1-5,8-9,14H2. The molecule has 6 nitrogen and oxygen atoms in total. The summed E-state index contributed by atoms with van der Waals surface area (Å²) in [7, 11) is 0. The lowest BCUT2D eigenvalue weighted by atomic mass is 9.91.